The van der Waals surface area contributed by atoms with E-state index in [4.69, 9.17) is 22.4 Å². The SMILES string of the molecule is C=C(C=O)/C=C\C(Cl)=C/C.Nc1ccc(NC(=O)CC(=O)O)cc1. The van der Waals surface area contributed by atoms with Crippen LogP contribution < -0.4 is 11.1 Å². The first-order chi connectivity index (χ1) is 11.3. The third-order valence-electron chi connectivity index (χ3n) is 2.39. The number of carbonyl (C=O) groups excluding carboxylic acids is 2. The summed E-state index contributed by atoms with van der Waals surface area (Å²) in [5.41, 5.74) is 6.97. The van der Waals surface area contributed by atoms with Crippen LogP contribution in [0.4, 0.5) is 11.4 Å². The first-order valence-corrected chi connectivity index (χ1v) is 7.17. The zero-order valence-electron chi connectivity index (χ0n) is 13.2. The number of aliphatic carboxylic acids is 1. The molecule has 0 aliphatic rings. The molecule has 7 heteroatoms. The Kier molecular flexibility index (Phi) is 10.3. The number of nitrogens with two attached hydrogens (primary N) is 1. The highest BCUT2D eigenvalue weighted by Gasteiger charge is 2.06. The van der Waals surface area contributed by atoms with Crippen molar-refractivity contribution in [1.82, 2.24) is 0 Å². The number of aldehydes is 1. The van der Waals surface area contributed by atoms with Crippen molar-refractivity contribution < 1.29 is 19.5 Å². The predicted molar refractivity (Wildman–Crippen MR) is 95.7 cm³/mol. The molecule has 0 heterocycles. The van der Waals surface area contributed by atoms with E-state index >= 15 is 0 Å². The number of hydrogen-bond acceptors (Lipinski definition) is 4. The van der Waals surface area contributed by atoms with Crippen LogP contribution in [0.3, 0.4) is 0 Å². The fourth-order valence-electron chi connectivity index (χ4n) is 1.23. The van der Waals surface area contributed by atoms with Crippen LogP contribution in [-0.2, 0) is 14.4 Å². The zero-order chi connectivity index (χ0) is 18.5. The number of benzene rings is 1. The summed E-state index contributed by atoms with van der Waals surface area (Å²) in [6.07, 6.45) is 5.06. The van der Waals surface area contributed by atoms with Crippen LogP contribution in [0.1, 0.15) is 13.3 Å². The van der Waals surface area contributed by atoms with Gasteiger partial charge in [0.05, 0.1) is 0 Å². The van der Waals surface area contributed by atoms with Gasteiger partial charge in [-0.15, -0.1) is 0 Å². The number of hydrogen-bond donors (Lipinski definition) is 3. The van der Waals surface area contributed by atoms with Gasteiger partial charge in [0.25, 0.3) is 0 Å². The van der Waals surface area contributed by atoms with Gasteiger partial charge < -0.3 is 16.2 Å². The van der Waals surface area contributed by atoms with Crippen molar-refractivity contribution in [2.75, 3.05) is 11.1 Å². The van der Waals surface area contributed by atoms with E-state index in [2.05, 4.69) is 11.9 Å². The molecule has 128 valence electrons. The first-order valence-electron chi connectivity index (χ1n) is 6.79. The number of amides is 1. The van der Waals surface area contributed by atoms with E-state index in [1.165, 1.54) is 0 Å². The minimum absolute atomic E-state index is 0.417. The maximum Gasteiger partial charge on any atom is 0.312 e. The Hall–Kier alpha value is -2.86. The van der Waals surface area contributed by atoms with Crippen LogP contribution in [-0.4, -0.2) is 23.3 Å². The molecule has 0 bridgehead atoms. The monoisotopic (exact) mass is 350 g/mol. The minimum atomic E-state index is -1.15. The molecule has 1 aromatic carbocycles. The molecule has 4 N–H and O–H groups in total. The van der Waals surface area contributed by atoms with Gasteiger partial charge in [0, 0.05) is 22.0 Å². The van der Waals surface area contributed by atoms with Crippen molar-refractivity contribution >= 4 is 41.1 Å². The van der Waals surface area contributed by atoms with Gasteiger partial charge in [-0.1, -0.05) is 30.3 Å². The topological polar surface area (TPSA) is 109 Å². The predicted octanol–water partition coefficient (Wildman–Crippen LogP) is 3.12. The summed E-state index contributed by atoms with van der Waals surface area (Å²) in [5, 5.41) is 11.4. The number of nitrogens with one attached hydrogen (secondary N) is 1. The number of carboxylic acids is 1. The molecule has 0 spiro atoms. The highest BCUT2D eigenvalue weighted by molar-refractivity contribution is 6.31. The molecule has 0 atom stereocenters. The third-order valence-corrected chi connectivity index (χ3v) is 2.73. The smallest absolute Gasteiger partial charge is 0.312 e. The van der Waals surface area contributed by atoms with E-state index in [1.54, 1.807) is 42.5 Å². The largest absolute Gasteiger partial charge is 0.481 e. The summed E-state index contributed by atoms with van der Waals surface area (Å²) in [4.78, 5) is 31.2. The maximum absolute atomic E-state index is 11.0. The van der Waals surface area contributed by atoms with E-state index in [9.17, 15) is 14.4 Å². The Balaban J connectivity index is 0.000000470. The lowest BCUT2D eigenvalue weighted by Gasteiger charge is -2.02. The van der Waals surface area contributed by atoms with Crippen molar-refractivity contribution in [2.45, 2.75) is 13.3 Å². The highest BCUT2D eigenvalue weighted by atomic mass is 35.5. The van der Waals surface area contributed by atoms with Crippen LogP contribution in [0.2, 0.25) is 0 Å². The summed E-state index contributed by atoms with van der Waals surface area (Å²) in [7, 11) is 0. The number of carbonyl (C=O) groups is 3. The molecule has 0 aromatic heterocycles. The molecular formula is C17H19ClN2O4. The van der Waals surface area contributed by atoms with Gasteiger partial charge >= 0.3 is 5.97 Å². The quantitative estimate of drug-likeness (QED) is 0.240. The maximum atomic E-state index is 11.0. The average Bonchev–Trinajstić information content (AvgIpc) is 2.54. The van der Waals surface area contributed by atoms with E-state index < -0.39 is 18.3 Å². The van der Waals surface area contributed by atoms with Crippen molar-refractivity contribution in [1.29, 1.82) is 0 Å². The van der Waals surface area contributed by atoms with Crippen molar-refractivity contribution in [3.05, 3.63) is 59.7 Å². The highest BCUT2D eigenvalue weighted by Crippen LogP contribution is 2.10. The lowest BCUT2D eigenvalue weighted by Crippen LogP contribution is -2.15. The van der Waals surface area contributed by atoms with Crippen LogP contribution in [0.15, 0.2) is 59.7 Å². The Bertz CT molecular complexity index is 645. The van der Waals surface area contributed by atoms with Crippen LogP contribution >= 0.6 is 11.6 Å². The van der Waals surface area contributed by atoms with Gasteiger partial charge in [-0.2, -0.15) is 0 Å². The van der Waals surface area contributed by atoms with Gasteiger partial charge in [0.1, 0.15) is 12.7 Å². The number of halogens is 1. The summed E-state index contributed by atoms with van der Waals surface area (Å²) >= 11 is 5.58. The summed E-state index contributed by atoms with van der Waals surface area (Å²) in [6.45, 7) is 5.25. The van der Waals surface area contributed by atoms with Gasteiger partial charge in [-0.25, -0.2) is 0 Å². The molecule has 6 nitrogen and oxygen atoms in total. The summed E-state index contributed by atoms with van der Waals surface area (Å²) in [6, 6.07) is 6.46. The van der Waals surface area contributed by atoms with Crippen LogP contribution in [0.5, 0.6) is 0 Å². The second-order valence-corrected chi connectivity index (χ2v) is 4.88. The van der Waals surface area contributed by atoms with E-state index in [0.29, 0.717) is 28.3 Å². The number of rotatable bonds is 6. The van der Waals surface area contributed by atoms with Gasteiger partial charge in [-0.3, -0.25) is 14.4 Å². The number of anilines is 2. The third kappa shape index (κ3) is 10.8. The standard InChI is InChI=1S/C9H10N2O3.C8H9ClO/c10-6-1-3-7(4-2-6)11-8(12)5-9(13)14;1-3-8(9)5-4-7(2)6-10/h1-4H,5,10H2,(H,11,12)(H,13,14);3-6H,2H2,1H3/b;5-4-,8-3+. The second-order valence-electron chi connectivity index (χ2n) is 4.44. The average molecular weight is 351 g/mol. The van der Waals surface area contributed by atoms with Gasteiger partial charge in [-0.05, 0) is 37.3 Å². The molecule has 1 aromatic rings. The molecule has 24 heavy (non-hydrogen) atoms. The fraction of sp³-hybridized carbons (Fsp3) is 0.118. The molecule has 0 fully saturated rings. The Morgan fingerprint density at radius 2 is 1.88 bits per heavy atom. The Morgan fingerprint density at radius 3 is 2.33 bits per heavy atom. The minimum Gasteiger partial charge on any atom is -0.481 e. The van der Waals surface area contributed by atoms with Crippen molar-refractivity contribution in [3.63, 3.8) is 0 Å². The summed E-state index contributed by atoms with van der Waals surface area (Å²) in [5.74, 6) is -1.71. The van der Waals surface area contributed by atoms with Crippen LogP contribution in [0.25, 0.3) is 0 Å². The van der Waals surface area contributed by atoms with E-state index in [1.807, 2.05) is 6.92 Å². The van der Waals surface area contributed by atoms with Crippen molar-refractivity contribution in [3.8, 4) is 0 Å². The zero-order valence-corrected chi connectivity index (χ0v) is 13.9. The molecule has 0 saturated carbocycles. The lowest BCUT2D eigenvalue weighted by molar-refractivity contribution is -0.139. The lowest BCUT2D eigenvalue weighted by atomic mass is 10.3. The van der Waals surface area contributed by atoms with E-state index in [0.717, 1.165) is 0 Å². The van der Waals surface area contributed by atoms with Crippen LogP contribution in [0, 0.1) is 0 Å². The Morgan fingerprint density at radius 1 is 1.29 bits per heavy atom. The van der Waals surface area contributed by atoms with Gasteiger partial charge in [0.2, 0.25) is 5.91 Å². The molecule has 1 rings (SSSR count). The number of carboxylic acid groups (broad SMARTS) is 1. The number of nitrogen functional groups attached to an aromatic ring is 1. The van der Waals surface area contributed by atoms with Gasteiger partial charge in [0.15, 0.2) is 0 Å². The molecule has 0 aliphatic carbocycles. The number of allylic oxidation sites excluding steroid dienone is 5. The molecule has 0 aliphatic heterocycles. The molecule has 0 radical (unpaired) electrons. The van der Waals surface area contributed by atoms with E-state index in [-0.39, 0.29) is 0 Å². The normalized spacial score (nSPS) is 10.5. The molecule has 1 amide bonds. The Labute approximate surface area is 145 Å². The summed E-state index contributed by atoms with van der Waals surface area (Å²) < 4.78 is 0. The molecular weight excluding hydrogens is 332 g/mol. The molecule has 0 saturated heterocycles. The fourth-order valence-corrected chi connectivity index (χ4v) is 1.29. The second kappa shape index (κ2) is 11.7. The van der Waals surface area contributed by atoms with Crippen molar-refractivity contribution in [2.24, 2.45) is 0 Å². The molecule has 0 unspecified atom stereocenters. The first kappa shape index (κ1) is 21.1.